The Morgan fingerprint density at radius 1 is 1.10 bits per heavy atom. The lowest BCUT2D eigenvalue weighted by atomic mass is 10.0. The predicted molar refractivity (Wildman–Crippen MR) is 111 cm³/mol. The van der Waals surface area contributed by atoms with Crippen molar-refractivity contribution in [2.45, 2.75) is 6.92 Å². The molecule has 0 saturated carbocycles. The Balaban J connectivity index is 1.55. The van der Waals surface area contributed by atoms with Crippen molar-refractivity contribution >= 4 is 28.8 Å². The Bertz CT molecular complexity index is 1060. The number of phenolic OH excluding ortho intramolecular Hbond substituents is 1. The van der Waals surface area contributed by atoms with Gasteiger partial charge in [0.2, 0.25) is 0 Å². The van der Waals surface area contributed by atoms with Gasteiger partial charge in [-0.2, -0.15) is 5.10 Å². The molecule has 7 nitrogen and oxygen atoms in total. The summed E-state index contributed by atoms with van der Waals surface area (Å²) >= 11 is 0. The van der Waals surface area contributed by atoms with Gasteiger partial charge in [0, 0.05) is 5.56 Å². The lowest BCUT2D eigenvalue weighted by Crippen LogP contribution is -2.35. The molecule has 148 valence electrons. The Kier molecular flexibility index (Phi) is 6.42. The van der Waals surface area contributed by atoms with Crippen LogP contribution in [-0.4, -0.2) is 36.3 Å². The monoisotopic (exact) mass is 391 g/mol. The van der Waals surface area contributed by atoms with Crippen molar-refractivity contribution in [3.63, 3.8) is 0 Å². The van der Waals surface area contributed by atoms with Crippen molar-refractivity contribution < 1.29 is 19.4 Å². The van der Waals surface area contributed by atoms with Crippen LogP contribution in [0.1, 0.15) is 22.8 Å². The quantitative estimate of drug-likeness (QED) is 0.426. The highest BCUT2D eigenvalue weighted by molar-refractivity contribution is 6.07. The normalized spacial score (nSPS) is 10.8. The van der Waals surface area contributed by atoms with Crippen LogP contribution in [0.5, 0.6) is 11.5 Å². The van der Waals surface area contributed by atoms with E-state index in [1.165, 1.54) is 12.3 Å². The molecule has 0 radical (unpaired) electrons. The van der Waals surface area contributed by atoms with Crippen LogP contribution >= 0.6 is 0 Å². The molecule has 0 atom stereocenters. The highest BCUT2D eigenvalue weighted by atomic mass is 16.5. The summed E-state index contributed by atoms with van der Waals surface area (Å²) in [4.78, 5) is 24.4. The highest BCUT2D eigenvalue weighted by Gasteiger charge is 2.10. The Morgan fingerprint density at radius 3 is 2.72 bits per heavy atom. The molecule has 0 bridgehead atoms. The van der Waals surface area contributed by atoms with Crippen molar-refractivity contribution in [2.75, 3.05) is 13.2 Å². The van der Waals surface area contributed by atoms with E-state index in [-0.39, 0.29) is 18.2 Å². The highest BCUT2D eigenvalue weighted by Crippen LogP contribution is 2.26. The van der Waals surface area contributed by atoms with Crippen LogP contribution in [0, 0.1) is 0 Å². The molecule has 0 aliphatic rings. The van der Waals surface area contributed by atoms with Gasteiger partial charge in [-0.05, 0) is 47.5 Å². The summed E-state index contributed by atoms with van der Waals surface area (Å²) in [5.41, 5.74) is 3.50. The molecule has 3 rings (SSSR count). The number of ether oxygens (including phenoxy) is 1. The fraction of sp³-hybridized carbons (Fsp3) is 0.136. The third-order valence-electron chi connectivity index (χ3n) is 4.13. The molecular weight excluding hydrogens is 370 g/mol. The van der Waals surface area contributed by atoms with Crippen LogP contribution < -0.4 is 15.5 Å². The van der Waals surface area contributed by atoms with E-state index in [9.17, 15) is 14.7 Å². The number of hydrogen-bond acceptors (Lipinski definition) is 5. The standard InChI is InChI=1S/C22H21N3O4/c1-2-29-20-12-15(10-11-19(20)26)13-24-25-21(27)14-23-22(28)18-9-5-7-16-6-3-4-8-17(16)18/h3-13,26H,2,14H2,1H3,(H,23,28)(H,25,27)/b24-13+. The zero-order valence-electron chi connectivity index (χ0n) is 15.9. The minimum Gasteiger partial charge on any atom is -0.504 e. The molecular formula is C22H21N3O4. The molecule has 0 spiro atoms. The number of hydrazone groups is 1. The number of nitrogens with zero attached hydrogens (tertiary/aromatic N) is 1. The van der Waals surface area contributed by atoms with Crippen LogP contribution in [0.2, 0.25) is 0 Å². The molecule has 0 saturated heterocycles. The van der Waals surface area contributed by atoms with Gasteiger partial charge in [-0.15, -0.1) is 0 Å². The van der Waals surface area contributed by atoms with E-state index in [1.54, 1.807) is 24.3 Å². The zero-order chi connectivity index (χ0) is 20.6. The van der Waals surface area contributed by atoms with Gasteiger partial charge in [-0.1, -0.05) is 36.4 Å². The van der Waals surface area contributed by atoms with E-state index in [4.69, 9.17) is 4.74 Å². The van der Waals surface area contributed by atoms with E-state index in [2.05, 4.69) is 15.8 Å². The van der Waals surface area contributed by atoms with Gasteiger partial charge in [0.1, 0.15) is 0 Å². The van der Waals surface area contributed by atoms with Crippen LogP contribution in [0.15, 0.2) is 65.8 Å². The van der Waals surface area contributed by atoms with E-state index >= 15 is 0 Å². The molecule has 7 heteroatoms. The summed E-state index contributed by atoms with van der Waals surface area (Å²) in [7, 11) is 0. The minimum atomic E-state index is -0.460. The van der Waals surface area contributed by atoms with Gasteiger partial charge in [0.15, 0.2) is 11.5 Å². The molecule has 0 aromatic heterocycles. The Morgan fingerprint density at radius 2 is 1.90 bits per heavy atom. The second kappa shape index (κ2) is 9.36. The second-order valence-electron chi connectivity index (χ2n) is 6.16. The number of carbonyl (C=O) groups is 2. The fourth-order valence-corrected chi connectivity index (χ4v) is 2.78. The van der Waals surface area contributed by atoms with Crippen LogP contribution in [-0.2, 0) is 4.79 Å². The number of nitrogens with one attached hydrogen (secondary N) is 2. The molecule has 0 fully saturated rings. The van der Waals surface area contributed by atoms with Gasteiger partial charge in [-0.25, -0.2) is 5.43 Å². The van der Waals surface area contributed by atoms with Crippen molar-refractivity contribution in [2.24, 2.45) is 5.10 Å². The molecule has 0 heterocycles. The largest absolute Gasteiger partial charge is 0.504 e. The number of hydrogen-bond donors (Lipinski definition) is 3. The fourth-order valence-electron chi connectivity index (χ4n) is 2.78. The van der Waals surface area contributed by atoms with E-state index in [0.29, 0.717) is 23.5 Å². The van der Waals surface area contributed by atoms with Crippen LogP contribution in [0.3, 0.4) is 0 Å². The summed E-state index contributed by atoms with van der Waals surface area (Å²) in [5, 5.41) is 17.9. The second-order valence-corrected chi connectivity index (χ2v) is 6.16. The van der Waals surface area contributed by atoms with Crippen molar-refractivity contribution in [3.8, 4) is 11.5 Å². The average Bonchev–Trinajstić information content (AvgIpc) is 2.74. The van der Waals surface area contributed by atoms with Crippen molar-refractivity contribution in [3.05, 3.63) is 71.8 Å². The van der Waals surface area contributed by atoms with Crippen LogP contribution in [0.25, 0.3) is 10.8 Å². The molecule has 2 amide bonds. The maximum absolute atomic E-state index is 12.4. The van der Waals surface area contributed by atoms with Gasteiger partial charge in [-0.3, -0.25) is 9.59 Å². The molecule has 0 aliphatic carbocycles. The predicted octanol–water partition coefficient (Wildman–Crippen LogP) is 2.82. The number of carbonyl (C=O) groups excluding carboxylic acids is 2. The lowest BCUT2D eigenvalue weighted by molar-refractivity contribution is -0.120. The molecule has 3 N–H and O–H groups in total. The van der Waals surface area contributed by atoms with Crippen LogP contribution in [0.4, 0.5) is 0 Å². The first kappa shape index (κ1) is 19.9. The Hall–Kier alpha value is -3.87. The van der Waals surface area contributed by atoms with E-state index in [1.807, 2.05) is 37.3 Å². The number of benzene rings is 3. The summed E-state index contributed by atoms with van der Waals surface area (Å²) in [5.74, 6) is -0.422. The summed E-state index contributed by atoms with van der Waals surface area (Å²) in [6.45, 7) is 2.02. The van der Waals surface area contributed by atoms with Gasteiger partial charge in [0.25, 0.3) is 11.8 Å². The molecule has 29 heavy (non-hydrogen) atoms. The SMILES string of the molecule is CCOc1cc(/C=N/NC(=O)CNC(=O)c2cccc3ccccc23)ccc1O. The summed E-state index contributed by atoms with van der Waals surface area (Å²) < 4.78 is 5.30. The average molecular weight is 391 g/mol. The maximum atomic E-state index is 12.4. The third kappa shape index (κ3) is 5.10. The first-order chi connectivity index (χ1) is 14.1. The topological polar surface area (TPSA) is 100 Å². The molecule has 0 aliphatic heterocycles. The zero-order valence-corrected chi connectivity index (χ0v) is 15.9. The summed E-state index contributed by atoms with van der Waals surface area (Å²) in [6, 6.07) is 17.7. The first-order valence-electron chi connectivity index (χ1n) is 9.12. The smallest absolute Gasteiger partial charge is 0.259 e. The van der Waals surface area contributed by atoms with Crippen molar-refractivity contribution in [1.82, 2.24) is 10.7 Å². The van der Waals surface area contributed by atoms with E-state index in [0.717, 1.165) is 10.8 Å². The maximum Gasteiger partial charge on any atom is 0.259 e. The first-order valence-corrected chi connectivity index (χ1v) is 9.12. The molecule has 0 unspecified atom stereocenters. The summed E-state index contributed by atoms with van der Waals surface area (Å²) in [6.07, 6.45) is 1.42. The minimum absolute atomic E-state index is 0.0317. The van der Waals surface area contributed by atoms with Gasteiger partial charge >= 0.3 is 0 Å². The number of aromatic hydroxyl groups is 1. The van der Waals surface area contributed by atoms with Crippen molar-refractivity contribution in [1.29, 1.82) is 0 Å². The van der Waals surface area contributed by atoms with Gasteiger partial charge < -0.3 is 15.2 Å². The number of rotatable bonds is 7. The Labute approximate surface area is 168 Å². The molecule has 3 aromatic carbocycles. The molecule has 3 aromatic rings. The third-order valence-corrected chi connectivity index (χ3v) is 4.13. The number of phenols is 1. The van der Waals surface area contributed by atoms with E-state index < -0.39 is 5.91 Å². The lowest BCUT2D eigenvalue weighted by Gasteiger charge is -2.07. The number of amides is 2. The number of fused-ring (bicyclic) bond motifs is 1. The van der Waals surface area contributed by atoms with Gasteiger partial charge in [0.05, 0.1) is 19.4 Å².